The van der Waals surface area contributed by atoms with Crippen LogP contribution in [0.5, 0.6) is 17.2 Å². The van der Waals surface area contributed by atoms with Crippen LogP contribution >= 0.6 is 0 Å². The van der Waals surface area contributed by atoms with Gasteiger partial charge >= 0.3 is 0 Å². The molecule has 2 N–H and O–H groups in total. The average molecular weight is 412 g/mol. The zero-order valence-electron chi connectivity index (χ0n) is 17.7. The molecule has 0 saturated heterocycles. The van der Waals surface area contributed by atoms with Gasteiger partial charge in [-0.2, -0.15) is 0 Å². The summed E-state index contributed by atoms with van der Waals surface area (Å²) in [6.45, 7) is 2.02. The largest absolute Gasteiger partial charge is 0.507 e. The monoisotopic (exact) mass is 412 g/mol. The Morgan fingerprint density at radius 3 is 2.06 bits per heavy atom. The standard InChI is InChI=1S/C27H24O4/c1-16(17-9-5-4-6-10-17)27(29)21-12-8-7-11-18(21)26-20-14-25(31-3)24(30-2)13-19(20)23(28)15-22(26)27/h4-16,28-29H,1-3H3. The quantitative estimate of drug-likeness (QED) is 0.459. The molecular formula is C27H24O4. The lowest BCUT2D eigenvalue weighted by atomic mass is 9.76. The molecule has 0 fully saturated rings. The third-order valence-corrected chi connectivity index (χ3v) is 6.56. The minimum Gasteiger partial charge on any atom is -0.507 e. The molecule has 4 nitrogen and oxygen atoms in total. The van der Waals surface area contributed by atoms with Crippen LogP contribution in [0.3, 0.4) is 0 Å². The fourth-order valence-electron chi connectivity index (χ4n) is 4.95. The topological polar surface area (TPSA) is 58.9 Å². The molecule has 0 amide bonds. The number of rotatable bonds is 4. The van der Waals surface area contributed by atoms with Crippen molar-refractivity contribution < 1.29 is 19.7 Å². The summed E-state index contributed by atoms with van der Waals surface area (Å²) >= 11 is 0. The minimum absolute atomic E-state index is 0.0983. The normalized spacial score (nSPS) is 17.8. The zero-order chi connectivity index (χ0) is 21.8. The highest BCUT2D eigenvalue weighted by molar-refractivity contribution is 6.06. The third-order valence-electron chi connectivity index (χ3n) is 6.56. The van der Waals surface area contributed by atoms with Gasteiger partial charge in [-0.1, -0.05) is 61.5 Å². The fraction of sp³-hybridized carbons (Fsp3) is 0.185. The van der Waals surface area contributed by atoms with Gasteiger partial charge in [0, 0.05) is 16.9 Å². The number of phenols is 1. The predicted octanol–water partition coefficient (Wildman–Crippen LogP) is 5.58. The van der Waals surface area contributed by atoms with Crippen LogP contribution in [-0.4, -0.2) is 24.4 Å². The predicted molar refractivity (Wildman–Crippen MR) is 122 cm³/mol. The molecule has 4 aromatic carbocycles. The molecule has 4 heteroatoms. The molecule has 2 atom stereocenters. The van der Waals surface area contributed by atoms with Gasteiger partial charge in [-0.05, 0) is 45.8 Å². The number of fused-ring (bicyclic) bond motifs is 5. The summed E-state index contributed by atoms with van der Waals surface area (Å²) in [6.07, 6.45) is 0. The summed E-state index contributed by atoms with van der Waals surface area (Å²) < 4.78 is 11.0. The second kappa shape index (κ2) is 7.03. The fourth-order valence-corrected chi connectivity index (χ4v) is 4.95. The van der Waals surface area contributed by atoms with Crippen molar-refractivity contribution in [1.29, 1.82) is 0 Å². The van der Waals surface area contributed by atoms with E-state index in [2.05, 4.69) is 0 Å². The highest BCUT2D eigenvalue weighted by atomic mass is 16.5. The van der Waals surface area contributed by atoms with Crippen LogP contribution in [0.2, 0.25) is 0 Å². The zero-order valence-corrected chi connectivity index (χ0v) is 17.7. The molecule has 0 heterocycles. The number of phenolic OH excluding ortho intramolecular Hbond substituents is 1. The number of methoxy groups -OCH3 is 2. The first kappa shape index (κ1) is 19.5. The highest BCUT2D eigenvalue weighted by Crippen LogP contribution is 2.57. The van der Waals surface area contributed by atoms with E-state index in [-0.39, 0.29) is 11.7 Å². The summed E-state index contributed by atoms with van der Waals surface area (Å²) in [7, 11) is 3.16. The van der Waals surface area contributed by atoms with Crippen molar-refractivity contribution in [3.05, 3.63) is 89.5 Å². The Bertz CT molecular complexity index is 1300. The number of aliphatic hydroxyl groups is 1. The van der Waals surface area contributed by atoms with E-state index in [1.807, 2.05) is 67.6 Å². The minimum atomic E-state index is -1.29. The first-order valence-electron chi connectivity index (χ1n) is 10.3. The van der Waals surface area contributed by atoms with Crippen LogP contribution in [0.25, 0.3) is 21.9 Å². The smallest absolute Gasteiger partial charge is 0.161 e. The first-order valence-corrected chi connectivity index (χ1v) is 10.3. The lowest BCUT2D eigenvalue weighted by molar-refractivity contribution is 0.0600. The van der Waals surface area contributed by atoms with E-state index in [0.29, 0.717) is 22.4 Å². The maximum Gasteiger partial charge on any atom is 0.161 e. The molecule has 1 aliphatic rings. The second-order valence-corrected chi connectivity index (χ2v) is 8.02. The Morgan fingerprint density at radius 1 is 0.774 bits per heavy atom. The first-order chi connectivity index (χ1) is 15.0. The third kappa shape index (κ3) is 2.65. The molecule has 0 spiro atoms. The maximum absolute atomic E-state index is 12.3. The van der Waals surface area contributed by atoms with E-state index >= 15 is 0 Å². The molecule has 0 aliphatic heterocycles. The molecular weight excluding hydrogens is 388 g/mol. The van der Waals surface area contributed by atoms with Gasteiger partial charge in [0.2, 0.25) is 0 Å². The molecule has 5 rings (SSSR count). The number of benzene rings is 4. The molecule has 156 valence electrons. The van der Waals surface area contributed by atoms with Crippen LogP contribution in [-0.2, 0) is 5.60 Å². The van der Waals surface area contributed by atoms with Crippen LogP contribution < -0.4 is 9.47 Å². The summed E-state index contributed by atoms with van der Waals surface area (Å²) in [6, 6.07) is 23.2. The molecule has 4 aromatic rings. The lowest BCUT2D eigenvalue weighted by Gasteiger charge is -2.33. The van der Waals surface area contributed by atoms with E-state index in [0.717, 1.165) is 27.6 Å². The lowest BCUT2D eigenvalue weighted by Crippen LogP contribution is -2.31. The Balaban J connectivity index is 1.87. The number of ether oxygens (including phenoxy) is 2. The molecule has 0 bridgehead atoms. The molecule has 0 radical (unpaired) electrons. The molecule has 2 unspecified atom stereocenters. The van der Waals surface area contributed by atoms with Gasteiger partial charge < -0.3 is 19.7 Å². The average Bonchev–Trinajstić information content (AvgIpc) is 3.07. The van der Waals surface area contributed by atoms with Crippen molar-refractivity contribution in [3.8, 4) is 28.4 Å². The van der Waals surface area contributed by atoms with E-state index in [4.69, 9.17) is 9.47 Å². The Hall–Kier alpha value is -3.50. The van der Waals surface area contributed by atoms with Crippen molar-refractivity contribution in [3.63, 3.8) is 0 Å². The van der Waals surface area contributed by atoms with Gasteiger partial charge in [-0.3, -0.25) is 0 Å². The van der Waals surface area contributed by atoms with Gasteiger partial charge in [0.15, 0.2) is 11.5 Å². The van der Waals surface area contributed by atoms with Crippen molar-refractivity contribution in [1.82, 2.24) is 0 Å². The second-order valence-electron chi connectivity index (χ2n) is 8.02. The Kier molecular flexibility index (Phi) is 4.42. The molecule has 0 aromatic heterocycles. The summed E-state index contributed by atoms with van der Waals surface area (Å²) in [4.78, 5) is 0. The van der Waals surface area contributed by atoms with Crippen molar-refractivity contribution in [2.45, 2.75) is 18.4 Å². The Morgan fingerprint density at radius 2 is 1.39 bits per heavy atom. The van der Waals surface area contributed by atoms with E-state index in [9.17, 15) is 10.2 Å². The van der Waals surface area contributed by atoms with Crippen molar-refractivity contribution in [2.75, 3.05) is 14.2 Å². The molecule has 0 saturated carbocycles. The van der Waals surface area contributed by atoms with Crippen LogP contribution in [0.1, 0.15) is 29.5 Å². The van der Waals surface area contributed by atoms with Gasteiger partial charge in [0.1, 0.15) is 11.4 Å². The van der Waals surface area contributed by atoms with Crippen molar-refractivity contribution in [2.24, 2.45) is 0 Å². The van der Waals surface area contributed by atoms with Crippen molar-refractivity contribution >= 4 is 10.8 Å². The number of hydrogen-bond acceptors (Lipinski definition) is 4. The van der Waals surface area contributed by atoms with Gasteiger partial charge in [-0.15, -0.1) is 0 Å². The summed E-state index contributed by atoms with van der Waals surface area (Å²) in [5, 5.41) is 24.7. The van der Waals surface area contributed by atoms with Gasteiger partial charge in [0.25, 0.3) is 0 Å². The van der Waals surface area contributed by atoms with Crippen LogP contribution in [0, 0.1) is 0 Å². The Labute approximate surface area is 181 Å². The van der Waals surface area contributed by atoms with Crippen LogP contribution in [0.15, 0.2) is 72.8 Å². The maximum atomic E-state index is 12.3. The van der Waals surface area contributed by atoms with E-state index < -0.39 is 5.60 Å². The summed E-state index contributed by atoms with van der Waals surface area (Å²) in [5.41, 5.74) is 3.14. The number of aromatic hydroxyl groups is 1. The SMILES string of the molecule is COc1cc2c(O)cc3c(c2cc1OC)-c1ccccc1C3(O)C(C)c1ccccc1. The van der Waals surface area contributed by atoms with Crippen LogP contribution in [0.4, 0.5) is 0 Å². The number of hydrogen-bond donors (Lipinski definition) is 2. The van der Waals surface area contributed by atoms with E-state index in [1.54, 1.807) is 26.4 Å². The molecule has 1 aliphatic carbocycles. The van der Waals surface area contributed by atoms with Gasteiger partial charge in [0.05, 0.1) is 14.2 Å². The highest BCUT2D eigenvalue weighted by Gasteiger charge is 2.47. The summed E-state index contributed by atoms with van der Waals surface area (Å²) in [5.74, 6) is 0.991. The molecule has 31 heavy (non-hydrogen) atoms. The van der Waals surface area contributed by atoms with Gasteiger partial charge in [-0.25, -0.2) is 0 Å². The van der Waals surface area contributed by atoms with E-state index in [1.165, 1.54) is 0 Å².